The van der Waals surface area contributed by atoms with E-state index >= 15 is 0 Å². The topological polar surface area (TPSA) is 90.8 Å². The molecule has 2 amide bonds. The second kappa shape index (κ2) is 12.6. The lowest BCUT2D eigenvalue weighted by Gasteiger charge is -2.34. The number of pyridine rings is 1. The highest BCUT2D eigenvalue weighted by molar-refractivity contribution is 5.93. The van der Waals surface area contributed by atoms with Gasteiger partial charge in [-0.25, -0.2) is 0 Å². The maximum absolute atomic E-state index is 12.6. The van der Waals surface area contributed by atoms with E-state index in [1.807, 2.05) is 48.2 Å². The van der Waals surface area contributed by atoms with Gasteiger partial charge in [0, 0.05) is 77.5 Å². The SMILES string of the molecule is CC(=O)N1CCN(CCOc2cc(N3CCOCC3)cc(N(N=Cc3cccc(C)c3)C(C)=O)n2)CC1. The molecule has 2 saturated heterocycles. The van der Waals surface area contributed by atoms with Crippen LogP contribution in [-0.2, 0) is 14.3 Å². The number of morpholine rings is 1. The summed E-state index contributed by atoms with van der Waals surface area (Å²) >= 11 is 0. The van der Waals surface area contributed by atoms with Crippen molar-refractivity contribution in [3.05, 3.63) is 47.5 Å². The number of carbonyl (C=O) groups excluding carboxylic acids is 2. The van der Waals surface area contributed by atoms with Crippen LogP contribution in [0.1, 0.15) is 25.0 Å². The Bertz CT molecular complexity index is 1110. The molecule has 3 heterocycles. The van der Waals surface area contributed by atoms with Gasteiger partial charge in [0.1, 0.15) is 6.61 Å². The molecule has 0 radical (unpaired) electrons. The molecule has 0 aliphatic carbocycles. The maximum atomic E-state index is 12.6. The molecule has 2 aliphatic rings. The summed E-state index contributed by atoms with van der Waals surface area (Å²) in [5, 5.41) is 5.77. The Labute approximate surface area is 218 Å². The molecule has 2 fully saturated rings. The van der Waals surface area contributed by atoms with Gasteiger partial charge in [-0.2, -0.15) is 15.1 Å². The molecule has 2 aromatic rings. The number of ether oxygens (including phenoxy) is 2. The molecule has 10 heteroatoms. The summed E-state index contributed by atoms with van der Waals surface area (Å²) in [5.41, 5.74) is 2.93. The van der Waals surface area contributed by atoms with E-state index in [0.29, 0.717) is 31.5 Å². The first-order chi connectivity index (χ1) is 17.9. The van der Waals surface area contributed by atoms with Gasteiger partial charge in [-0.3, -0.25) is 14.5 Å². The zero-order valence-corrected chi connectivity index (χ0v) is 21.9. The highest BCUT2D eigenvalue weighted by atomic mass is 16.5. The van der Waals surface area contributed by atoms with Crippen molar-refractivity contribution < 1.29 is 19.1 Å². The van der Waals surface area contributed by atoms with E-state index < -0.39 is 0 Å². The fraction of sp³-hybridized carbons (Fsp3) is 0.481. The number of nitrogens with zero attached hydrogens (tertiary/aromatic N) is 6. The van der Waals surface area contributed by atoms with E-state index in [2.05, 4.69) is 19.9 Å². The highest BCUT2D eigenvalue weighted by Crippen LogP contribution is 2.27. The van der Waals surface area contributed by atoms with Gasteiger partial charge in [0.05, 0.1) is 19.4 Å². The first-order valence-corrected chi connectivity index (χ1v) is 12.8. The molecular formula is C27H36N6O4. The number of aryl methyl sites for hydroxylation is 1. The number of piperazine rings is 1. The molecule has 198 valence electrons. The first-order valence-electron chi connectivity index (χ1n) is 12.8. The Kier molecular flexibility index (Phi) is 9.08. The van der Waals surface area contributed by atoms with Crippen LogP contribution in [-0.4, -0.2) is 98.4 Å². The molecule has 2 aliphatic heterocycles. The van der Waals surface area contributed by atoms with Crippen LogP contribution >= 0.6 is 0 Å². The minimum absolute atomic E-state index is 0.118. The highest BCUT2D eigenvalue weighted by Gasteiger charge is 2.20. The molecule has 1 aromatic heterocycles. The molecule has 37 heavy (non-hydrogen) atoms. The van der Waals surface area contributed by atoms with Crippen molar-refractivity contribution in [2.24, 2.45) is 5.10 Å². The molecule has 10 nitrogen and oxygen atoms in total. The number of amides is 2. The summed E-state index contributed by atoms with van der Waals surface area (Å²) in [4.78, 5) is 35.1. The second-order valence-corrected chi connectivity index (χ2v) is 9.31. The third-order valence-electron chi connectivity index (χ3n) is 6.50. The number of rotatable bonds is 8. The summed E-state index contributed by atoms with van der Waals surface area (Å²) in [6, 6.07) is 11.7. The van der Waals surface area contributed by atoms with Crippen molar-refractivity contribution in [3.8, 4) is 5.88 Å². The lowest BCUT2D eigenvalue weighted by atomic mass is 10.2. The van der Waals surface area contributed by atoms with E-state index in [1.54, 1.807) is 13.1 Å². The van der Waals surface area contributed by atoms with Crippen molar-refractivity contribution in [2.75, 3.05) is 75.5 Å². The van der Waals surface area contributed by atoms with Crippen molar-refractivity contribution in [1.82, 2.24) is 14.8 Å². The number of hydrogen-bond acceptors (Lipinski definition) is 8. The smallest absolute Gasteiger partial charge is 0.245 e. The molecule has 0 bridgehead atoms. The standard InChI is InChI=1S/C27H36N6O4/c1-21-5-4-6-24(17-21)20-28-33(23(3)35)26-18-25(32-12-14-36-15-13-32)19-27(29-26)37-16-11-30-7-9-31(10-8-30)22(2)34/h4-6,17-20H,7-16H2,1-3H3. The Morgan fingerprint density at radius 3 is 2.51 bits per heavy atom. The summed E-state index contributed by atoms with van der Waals surface area (Å²) in [5.74, 6) is 0.723. The van der Waals surface area contributed by atoms with Crippen LogP contribution in [0.5, 0.6) is 5.88 Å². The number of benzene rings is 1. The molecule has 0 N–H and O–H groups in total. The minimum Gasteiger partial charge on any atom is -0.476 e. The maximum Gasteiger partial charge on any atom is 0.245 e. The average molecular weight is 509 g/mol. The molecule has 0 atom stereocenters. The van der Waals surface area contributed by atoms with Gasteiger partial charge >= 0.3 is 0 Å². The van der Waals surface area contributed by atoms with Crippen LogP contribution in [0.15, 0.2) is 41.5 Å². The fourth-order valence-electron chi connectivity index (χ4n) is 4.41. The predicted octanol–water partition coefficient (Wildman–Crippen LogP) is 2.16. The lowest BCUT2D eigenvalue weighted by molar-refractivity contribution is -0.130. The molecule has 0 unspecified atom stereocenters. The normalized spacial score (nSPS) is 16.7. The van der Waals surface area contributed by atoms with Crippen LogP contribution in [0.2, 0.25) is 0 Å². The van der Waals surface area contributed by atoms with Crippen LogP contribution < -0.4 is 14.6 Å². The number of anilines is 2. The lowest BCUT2D eigenvalue weighted by Crippen LogP contribution is -2.48. The van der Waals surface area contributed by atoms with Crippen LogP contribution in [0.4, 0.5) is 11.5 Å². The number of hydrazone groups is 1. The third kappa shape index (κ3) is 7.50. The van der Waals surface area contributed by atoms with Gasteiger partial charge in [0.2, 0.25) is 17.7 Å². The molecule has 4 rings (SSSR count). The Morgan fingerprint density at radius 1 is 1.08 bits per heavy atom. The average Bonchev–Trinajstić information content (AvgIpc) is 2.89. The van der Waals surface area contributed by atoms with Gasteiger partial charge in [-0.05, 0) is 12.5 Å². The van der Waals surface area contributed by atoms with E-state index in [0.717, 1.165) is 62.6 Å². The second-order valence-electron chi connectivity index (χ2n) is 9.31. The van der Waals surface area contributed by atoms with Crippen LogP contribution in [0.25, 0.3) is 0 Å². The van der Waals surface area contributed by atoms with Crippen molar-refractivity contribution in [2.45, 2.75) is 20.8 Å². The number of carbonyl (C=O) groups is 2. The largest absolute Gasteiger partial charge is 0.476 e. The van der Waals surface area contributed by atoms with Gasteiger partial charge in [0.25, 0.3) is 0 Å². The summed E-state index contributed by atoms with van der Waals surface area (Å²) in [6.45, 7) is 12.2. The monoisotopic (exact) mass is 508 g/mol. The van der Waals surface area contributed by atoms with E-state index in [9.17, 15) is 9.59 Å². The number of hydrogen-bond donors (Lipinski definition) is 0. The predicted molar refractivity (Wildman–Crippen MR) is 143 cm³/mol. The van der Waals surface area contributed by atoms with Crippen molar-refractivity contribution >= 4 is 29.5 Å². The number of aromatic nitrogens is 1. The van der Waals surface area contributed by atoms with Crippen molar-refractivity contribution in [1.29, 1.82) is 0 Å². The van der Waals surface area contributed by atoms with Gasteiger partial charge in [-0.15, -0.1) is 0 Å². The van der Waals surface area contributed by atoms with E-state index in [-0.39, 0.29) is 11.8 Å². The molecule has 0 saturated carbocycles. The Hall–Kier alpha value is -3.50. The molecule has 1 aromatic carbocycles. The van der Waals surface area contributed by atoms with Gasteiger partial charge in [0.15, 0.2) is 5.82 Å². The quantitative estimate of drug-likeness (QED) is 0.399. The zero-order valence-electron chi connectivity index (χ0n) is 21.9. The van der Waals surface area contributed by atoms with Gasteiger partial charge < -0.3 is 19.3 Å². The van der Waals surface area contributed by atoms with Crippen LogP contribution in [0, 0.1) is 6.92 Å². The summed E-state index contributed by atoms with van der Waals surface area (Å²) < 4.78 is 11.6. The Balaban J connectivity index is 1.50. The summed E-state index contributed by atoms with van der Waals surface area (Å²) in [6.07, 6.45) is 1.67. The summed E-state index contributed by atoms with van der Waals surface area (Å²) in [7, 11) is 0. The minimum atomic E-state index is -0.246. The zero-order chi connectivity index (χ0) is 26.2. The third-order valence-corrected chi connectivity index (χ3v) is 6.50. The first kappa shape index (κ1) is 26.6. The molecular weight excluding hydrogens is 472 g/mol. The van der Waals surface area contributed by atoms with Crippen LogP contribution in [0.3, 0.4) is 0 Å². The molecule has 0 spiro atoms. The fourth-order valence-corrected chi connectivity index (χ4v) is 4.41. The van der Waals surface area contributed by atoms with Gasteiger partial charge in [-0.1, -0.05) is 29.8 Å². The Morgan fingerprint density at radius 2 is 1.84 bits per heavy atom. The van der Waals surface area contributed by atoms with Crippen molar-refractivity contribution in [3.63, 3.8) is 0 Å². The van der Waals surface area contributed by atoms with E-state index in [4.69, 9.17) is 9.47 Å². The van der Waals surface area contributed by atoms with E-state index in [1.165, 1.54) is 11.9 Å².